The molecule has 1 aromatic carbocycles. The Labute approximate surface area is 150 Å². The van der Waals surface area contributed by atoms with Gasteiger partial charge in [-0.25, -0.2) is 0 Å². The second-order valence-corrected chi connectivity index (χ2v) is 7.43. The number of phenolic OH excluding ortho intramolecular Hbond substituents is 1. The van der Waals surface area contributed by atoms with E-state index in [1.165, 1.54) is 0 Å². The molecule has 2 fully saturated rings. The number of carbonyl (C=O) groups excluding carboxylic acids is 1. The van der Waals surface area contributed by atoms with Crippen LogP contribution in [-0.4, -0.2) is 96.6 Å². The van der Waals surface area contributed by atoms with Gasteiger partial charge in [0.25, 0.3) is 0 Å². The van der Waals surface area contributed by atoms with Gasteiger partial charge in [-0.2, -0.15) is 0 Å². The van der Waals surface area contributed by atoms with Crippen LogP contribution in [0.5, 0.6) is 5.75 Å². The molecular formula is C19H30N4O2. The smallest absolute Gasteiger partial charge is 0.224 e. The van der Waals surface area contributed by atoms with Crippen molar-refractivity contribution in [3.8, 4) is 5.75 Å². The number of hydrogen-bond acceptors (Lipinski definition) is 5. The number of amides is 1. The molecule has 0 bridgehead atoms. The summed E-state index contributed by atoms with van der Waals surface area (Å²) in [4.78, 5) is 21.6. The maximum absolute atomic E-state index is 12.7. The molecule has 6 heteroatoms. The van der Waals surface area contributed by atoms with Gasteiger partial charge < -0.3 is 19.8 Å². The number of piperazine rings is 2. The molecule has 1 aromatic rings. The molecule has 25 heavy (non-hydrogen) atoms. The van der Waals surface area contributed by atoms with Crippen LogP contribution in [0.2, 0.25) is 0 Å². The molecule has 0 spiro atoms. The van der Waals surface area contributed by atoms with E-state index in [0.717, 1.165) is 57.9 Å². The van der Waals surface area contributed by atoms with E-state index in [1.54, 1.807) is 6.07 Å². The highest BCUT2D eigenvalue weighted by Crippen LogP contribution is 2.16. The number of carbonyl (C=O) groups is 1. The van der Waals surface area contributed by atoms with Gasteiger partial charge in [0.1, 0.15) is 5.75 Å². The molecule has 2 aliphatic heterocycles. The van der Waals surface area contributed by atoms with E-state index >= 15 is 0 Å². The van der Waals surface area contributed by atoms with Crippen LogP contribution in [0, 0.1) is 0 Å². The summed E-state index contributed by atoms with van der Waals surface area (Å²) >= 11 is 0. The van der Waals surface area contributed by atoms with Crippen molar-refractivity contribution < 1.29 is 9.90 Å². The van der Waals surface area contributed by atoms with E-state index in [4.69, 9.17) is 0 Å². The molecule has 0 aromatic heterocycles. The average Bonchev–Trinajstić information content (AvgIpc) is 2.59. The van der Waals surface area contributed by atoms with Crippen LogP contribution in [-0.2, 0) is 11.3 Å². The Balaban J connectivity index is 1.46. The molecule has 2 heterocycles. The molecule has 3 rings (SSSR count). The highest BCUT2D eigenvalue weighted by atomic mass is 16.3. The summed E-state index contributed by atoms with van der Waals surface area (Å²) in [5, 5.41) is 9.57. The van der Waals surface area contributed by atoms with Gasteiger partial charge in [-0.3, -0.25) is 9.69 Å². The van der Waals surface area contributed by atoms with Crippen molar-refractivity contribution in [2.45, 2.75) is 19.0 Å². The largest absolute Gasteiger partial charge is 0.508 e. The van der Waals surface area contributed by atoms with E-state index in [0.29, 0.717) is 18.2 Å². The predicted molar refractivity (Wildman–Crippen MR) is 98.5 cm³/mol. The van der Waals surface area contributed by atoms with Gasteiger partial charge in [-0.15, -0.1) is 0 Å². The first-order chi connectivity index (χ1) is 12.0. The Morgan fingerprint density at radius 2 is 1.88 bits per heavy atom. The van der Waals surface area contributed by atoms with Gasteiger partial charge >= 0.3 is 0 Å². The van der Waals surface area contributed by atoms with Crippen LogP contribution in [0.25, 0.3) is 0 Å². The summed E-state index contributed by atoms with van der Waals surface area (Å²) in [6.45, 7) is 7.28. The predicted octanol–water partition coefficient (Wildman–Crippen LogP) is 0.672. The number of aromatic hydroxyl groups is 1. The van der Waals surface area contributed by atoms with E-state index < -0.39 is 0 Å². The summed E-state index contributed by atoms with van der Waals surface area (Å²) < 4.78 is 0. The van der Waals surface area contributed by atoms with Crippen LogP contribution in [0.4, 0.5) is 0 Å². The van der Waals surface area contributed by atoms with Crippen LogP contribution in [0.3, 0.4) is 0 Å². The number of rotatable bonds is 4. The molecule has 1 atom stereocenters. The highest BCUT2D eigenvalue weighted by molar-refractivity contribution is 5.77. The summed E-state index contributed by atoms with van der Waals surface area (Å²) in [6.07, 6.45) is 0.618. The van der Waals surface area contributed by atoms with E-state index in [1.807, 2.05) is 23.1 Å². The third-order valence-corrected chi connectivity index (χ3v) is 5.43. The quantitative estimate of drug-likeness (QED) is 0.869. The van der Waals surface area contributed by atoms with Crippen molar-refractivity contribution in [1.82, 2.24) is 19.6 Å². The fraction of sp³-hybridized carbons (Fsp3) is 0.632. The van der Waals surface area contributed by atoms with Crippen molar-refractivity contribution >= 4 is 5.91 Å². The lowest BCUT2D eigenvalue weighted by molar-refractivity contribution is -0.134. The van der Waals surface area contributed by atoms with Crippen molar-refractivity contribution in [2.75, 3.05) is 59.9 Å². The van der Waals surface area contributed by atoms with Gasteiger partial charge in [-0.1, -0.05) is 12.1 Å². The molecule has 138 valence electrons. The van der Waals surface area contributed by atoms with Crippen molar-refractivity contribution in [1.29, 1.82) is 0 Å². The highest BCUT2D eigenvalue weighted by Gasteiger charge is 2.28. The van der Waals surface area contributed by atoms with E-state index in [2.05, 4.69) is 28.8 Å². The monoisotopic (exact) mass is 346 g/mol. The van der Waals surface area contributed by atoms with Crippen LogP contribution in [0.1, 0.15) is 12.0 Å². The molecule has 0 unspecified atom stereocenters. The Morgan fingerprint density at radius 3 is 2.60 bits per heavy atom. The zero-order valence-corrected chi connectivity index (χ0v) is 15.4. The Kier molecular flexibility index (Phi) is 5.93. The minimum absolute atomic E-state index is 0.282. The van der Waals surface area contributed by atoms with Crippen LogP contribution >= 0.6 is 0 Å². The minimum atomic E-state index is 0.282. The number of phenols is 1. The molecule has 2 aliphatic rings. The molecular weight excluding hydrogens is 316 g/mol. The first kappa shape index (κ1) is 18.2. The summed E-state index contributed by atoms with van der Waals surface area (Å²) in [7, 11) is 4.25. The van der Waals surface area contributed by atoms with Gasteiger partial charge in [0.15, 0.2) is 0 Å². The van der Waals surface area contributed by atoms with Gasteiger partial charge in [0.05, 0.1) is 0 Å². The van der Waals surface area contributed by atoms with Crippen molar-refractivity contribution in [2.24, 2.45) is 0 Å². The lowest BCUT2D eigenvalue weighted by Crippen LogP contribution is -2.53. The molecule has 0 aliphatic carbocycles. The molecule has 1 N–H and O–H groups in total. The summed E-state index contributed by atoms with van der Waals surface area (Å²) in [6, 6.07) is 7.75. The molecule has 0 radical (unpaired) electrons. The zero-order chi connectivity index (χ0) is 17.8. The minimum Gasteiger partial charge on any atom is -0.508 e. The summed E-state index contributed by atoms with van der Waals surface area (Å²) in [5.41, 5.74) is 1.12. The Morgan fingerprint density at radius 1 is 1.12 bits per heavy atom. The van der Waals surface area contributed by atoms with E-state index in [-0.39, 0.29) is 5.91 Å². The fourth-order valence-electron chi connectivity index (χ4n) is 3.72. The SMILES string of the molecule is CN1CCN(C)[C@H](CC(=O)N2CCN(Cc3cccc(O)c3)CC2)C1. The average molecular weight is 346 g/mol. The van der Waals surface area contributed by atoms with Crippen molar-refractivity contribution in [3.63, 3.8) is 0 Å². The molecule has 1 amide bonds. The normalized spacial score (nSPS) is 23.8. The second kappa shape index (κ2) is 8.17. The standard InChI is InChI=1S/C19H30N4O2/c1-20-6-7-21(2)17(15-20)13-19(25)23-10-8-22(9-11-23)14-16-4-3-5-18(24)12-16/h3-5,12,17,24H,6-11,13-15H2,1-2H3/t17-/m1/s1. The first-order valence-corrected chi connectivity index (χ1v) is 9.18. The fourth-order valence-corrected chi connectivity index (χ4v) is 3.72. The number of nitrogens with zero attached hydrogens (tertiary/aromatic N) is 4. The number of likely N-dealkylation sites (N-methyl/N-ethyl adjacent to an activating group) is 2. The van der Waals surface area contributed by atoms with Gasteiger partial charge in [0.2, 0.25) is 5.91 Å². The molecule has 2 saturated heterocycles. The zero-order valence-electron chi connectivity index (χ0n) is 15.4. The molecule has 0 saturated carbocycles. The Bertz CT molecular complexity index is 587. The third-order valence-electron chi connectivity index (χ3n) is 5.43. The maximum atomic E-state index is 12.7. The van der Waals surface area contributed by atoms with Crippen molar-refractivity contribution in [3.05, 3.63) is 29.8 Å². The van der Waals surface area contributed by atoms with Gasteiger partial charge in [0, 0.05) is 64.8 Å². The lowest BCUT2D eigenvalue weighted by atomic mass is 10.1. The number of hydrogen-bond donors (Lipinski definition) is 1. The second-order valence-electron chi connectivity index (χ2n) is 7.43. The maximum Gasteiger partial charge on any atom is 0.224 e. The first-order valence-electron chi connectivity index (χ1n) is 9.18. The number of benzene rings is 1. The molecule has 6 nitrogen and oxygen atoms in total. The van der Waals surface area contributed by atoms with E-state index in [9.17, 15) is 9.90 Å². The van der Waals surface area contributed by atoms with Crippen LogP contribution in [0.15, 0.2) is 24.3 Å². The Hall–Kier alpha value is -1.63. The summed E-state index contributed by atoms with van der Waals surface area (Å²) in [5.74, 6) is 0.594. The third kappa shape index (κ3) is 4.93. The van der Waals surface area contributed by atoms with Gasteiger partial charge in [-0.05, 0) is 31.8 Å². The lowest BCUT2D eigenvalue weighted by Gasteiger charge is -2.39. The topological polar surface area (TPSA) is 50.3 Å². The van der Waals surface area contributed by atoms with Crippen LogP contribution < -0.4 is 0 Å².